The standard InChI is InChI=1S/C44H28N2/c1-2-10-32(11-3-1)45-25-24-31-27-41-39-16-8-9-17-42(39)46(44(41)28-43(31)45)33-21-18-29(19-22-33)30-20-23-38-36-14-5-4-12-34(36)35-13-6-7-15-37(35)40(38)26-30/h1-28H. The first-order valence-corrected chi connectivity index (χ1v) is 15.9. The zero-order valence-electron chi connectivity index (χ0n) is 25.1. The van der Waals surface area contributed by atoms with Crippen LogP contribution in [0.15, 0.2) is 170 Å². The second-order valence-electron chi connectivity index (χ2n) is 12.2. The molecule has 0 aliphatic heterocycles. The van der Waals surface area contributed by atoms with Gasteiger partial charge in [0.1, 0.15) is 0 Å². The van der Waals surface area contributed by atoms with Crippen LogP contribution in [0.3, 0.4) is 0 Å². The molecule has 0 fully saturated rings. The van der Waals surface area contributed by atoms with Crippen molar-refractivity contribution in [1.82, 2.24) is 9.13 Å². The Morgan fingerprint density at radius 1 is 0.304 bits per heavy atom. The third-order valence-electron chi connectivity index (χ3n) is 9.72. The lowest BCUT2D eigenvalue weighted by Crippen LogP contribution is -1.95. The van der Waals surface area contributed by atoms with Crippen molar-refractivity contribution in [1.29, 1.82) is 0 Å². The zero-order chi connectivity index (χ0) is 30.2. The molecular weight excluding hydrogens is 556 g/mol. The second-order valence-corrected chi connectivity index (χ2v) is 12.2. The Morgan fingerprint density at radius 3 is 1.61 bits per heavy atom. The Hall–Kier alpha value is -6.12. The van der Waals surface area contributed by atoms with Crippen molar-refractivity contribution in [3.05, 3.63) is 170 Å². The molecule has 0 saturated carbocycles. The molecule has 0 amide bonds. The van der Waals surface area contributed by atoms with Crippen LogP contribution in [0.25, 0.3) is 87.5 Å². The van der Waals surface area contributed by atoms with Gasteiger partial charge in [-0.3, -0.25) is 0 Å². The number of benzene rings is 8. The topological polar surface area (TPSA) is 9.86 Å². The molecular formula is C44H28N2. The van der Waals surface area contributed by atoms with E-state index >= 15 is 0 Å². The van der Waals surface area contributed by atoms with Gasteiger partial charge in [0.15, 0.2) is 0 Å². The third kappa shape index (κ3) is 3.65. The summed E-state index contributed by atoms with van der Waals surface area (Å²) in [5.74, 6) is 0. The summed E-state index contributed by atoms with van der Waals surface area (Å²) < 4.78 is 4.70. The molecule has 214 valence electrons. The summed E-state index contributed by atoms with van der Waals surface area (Å²) in [5.41, 5.74) is 8.39. The number of nitrogens with zero attached hydrogens (tertiary/aromatic N) is 2. The van der Waals surface area contributed by atoms with Crippen molar-refractivity contribution in [2.24, 2.45) is 0 Å². The molecule has 10 aromatic rings. The molecule has 0 spiro atoms. The number of fused-ring (bicyclic) bond motifs is 10. The number of para-hydroxylation sites is 2. The smallest absolute Gasteiger partial charge is 0.0562 e. The highest BCUT2D eigenvalue weighted by Gasteiger charge is 2.16. The van der Waals surface area contributed by atoms with E-state index < -0.39 is 0 Å². The van der Waals surface area contributed by atoms with Crippen LogP contribution >= 0.6 is 0 Å². The van der Waals surface area contributed by atoms with Gasteiger partial charge in [-0.2, -0.15) is 0 Å². The number of aromatic nitrogens is 2. The average molecular weight is 585 g/mol. The monoisotopic (exact) mass is 584 g/mol. The van der Waals surface area contributed by atoms with E-state index in [2.05, 4.69) is 179 Å². The van der Waals surface area contributed by atoms with Crippen molar-refractivity contribution < 1.29 is 0 Å². The predicted octanol–water partition coefficient (Wildman–Crippen LogP) is 11.9. The fourth-order valence-electron chi connectivity index (χ4n) is 7.58. The molecule has 0 aliphatic carbocycles. The summed E-state index contributed by atoms with van der Waals surface area (Å²) in [5, 5.41) is 11.6. The minimum absolute atomic E-state index is 1.16. The van der Waals surface area contributed by atoms with E-state index in [-0.39, 0.29) is 0 Å². The molecule has 0 aliphatic rings. The van der Waals surface area contributed by atoms with Crippen LogP contribution in [0.4, 0.5) is 0 Å². The highest BCUT2D eigenvalue weighted by Crippen LogP contribution is 2.39. The molecule has 0 N–H and O–H groups in total. The summed E-state index contributed by atoms with van der Waals surface area (Å²) in [4.78, 5) is 0. The number of rotatable bonds is 3. The van der Waals surface area contributed by atoms with Gasteiger partial charge in [-0.25, -0.2) is 0 Å². The molecule has 0 radical (unpaired) electrons. The van der Waals surface area contributed by atoms with E-state index in [1.165, 1.54) is 81.8 Å². The molecule has 8 aromatic carbocycles. The normalized spacial score (nSPS) is 11.9. The van der Waals surface area contributed by atoms with Gasteiger partial charge in [0, 0.05) is 33.7 Å². The number of hydrogen-bond donors (Lipinski definition) is 0. The Morgan fingerprint density at radius 2 is 0.891 bits per heavy atom. The van der Waals surface area contributed by atoms with Crippen LogP contribution in [0.5, 0.6) is 0 Å². The quantitative estimate of drug-likeness (QED) is 0.183. The first-order valence-electron chi connectivity index (χ1n) is 15.9. The lowest BCUT2D eigenvalue weighted by Gasteiger charge is -2.13. The van der Waals surface area contributed by atoms with Crippen LogP contribution in [0, 0.1) is 0 Å². The molecule has 46 heavy (non-hydrogen) atoms. The molecule has 2 heteroatoms. The summed E-state index contributed by atoms with van der Waals surface area (Å²) in [6, 6.07) is 59.8. The van der Waals surface area contributed by atoms with Crippen molar-refractivity contribution in [2.45, 2.75) is 0 Å². The Bertz CT molecular complexity index is 2740. The van der Waals surface area contributed by atoms with Gasteiger partial charge >= 0.3 is 0 Å². The van der Waals surface area contributed by atoms with Crippen LogP contribution in [-0.4, -0.2) is 9.13 Å². The van der Waals surface area contributed by atoms with Gasteiger partial charge < -0.3 is 9.13 Å². The van der Waals surface area contributed by atoms with Gasteiger partial charge in [0.2, 0.25) is 0 Å². The predicted molar refractivity (Wildman–Crippen MR) is 196 cm³/mol. The minimum Gasteiger partial charge on any atom is -0.316 e. The largest absolute Gasteiger partial charge is 0.316 e. The van der Waals surface area contributed by atoms with Crippen LogP contribution in [-0.2, 0) is 0 Å². The molecule has 0 unspecified atom stereocenters. The Balaban J connectivity index is 1.14. The van der Waals surface area contributed by atoms with Gasteiger partial charge in [0.25, 0.3) is 0 Å². The maximum atomic E-state index is 2.41. The van der Waals surface area contributed by atoms with Gasteiger partial charge in [-0.05, 0) is 98.0 Å². The average Bonchev–Trinajstić information content (AvgIpc) is 3.69. The fraction of sp³-hybridized carbons (Fsp3) is 0. The summed E-state index contributed by atoms with van der Waals surface area (Å²) >= 11 is 0. The van der Waals surface area contributed by atoms with E-state index in [0.29, 0.717) is 0 Å². The van der Waals surface area contributed by atoms with Gasteiger partial charge in [0.05, 0.1) is 16.6 Å². The lowest BCUT2D eigenvalue weighted by molar-refractivity contribution is 1.12. The van der Waals surface area contributed by atoms with E-state index in [9.17, 15) is 0 Å². The maximum Gasteiger partial charge on any atom is 0.0562 e. The van der Waals surface area contributed by atoms with E-state index in [1.807, 2.05) is 0 Å². The van der Waals surface area contributed by atoms with Crippen LogP contribution in [0.2, 0.25) is 0 Å². The Kier molecular flexibility index (Phi) is 5.31. The van der Waals surface area contributed by atoms with Crippen molar-refractivity contribution in [3.63, 3.8) is 0 Å². The van der Waals surface area contributed by atoms with Crippen molar-refractivity contribution in [2.75, 3.05) is 0 Å². The second kappa shape index (κ2) is 9.69. The molecule has 2 aromatic heterocycles. The molecule has 0 bridgehead atoms. The highest BCUT2D eigenvalue weighted by molar-refractivity contribution is 6.25. The summed E-state index contributed by atoms with van der Waals surface area (Å²) in [6.45, 7) is 0. The molecule has 0 atom stereocenters. The molecule has 0 saturated heterocycles. The van der Waals surface area contributed by atoms with Crippen molar-refractivity contribution >= 4 is 65.0 Å². The van der Waals surface area contributed by atoms with Crippen LogP contribution < -0.4 is 0 Å². The summed E-state index contributed by atoms with van der Waals surface area (Å²) in [7, 11) is 0. The third-order valence-corrected chi connectivity index (χ3v) is 9.72. The van der Waals surface area contributed by atoms with E-state index in [0.717, 1.165) is 5.69 Å². The Labute approximate surface area is 266 Å². The van der Waals surface area contributed by atoms with Gasteiger partial charge in [-0.15, -0.1) is 0 Å². The zero-order valence-corrected chi connectivity index (χ0v) is 25.1. The van der Waals surface area contributed by atoms with E-state index in [1.54, 1.807) is 0 Å². The molecule has 2 heterocycles. The lowest BCUT2D eigenvalue weighted by atomic mass is 9.92. The van der Waals surface area contributed by atoms with Crippen molar-refractivity contribution in [3.8, 4) is 22.5 Å². The SMILES string of the molecule is c1ccc(-n2ccc3cc4c5ccccc5n(-c5ccc(-c6ccc7c8ccccc8c8ccccc8c7c6)cc5)c4cc32)cc1. The van der Waals surface area contributed by atoms with E-state index in [4.69, 9.17) is 0 Å². The fourth-order valence-corrected chi connectivity index (χ4v) is 7.58. The van der Waals surface area contributed by atoms with Gasteiger partial charge in [-0.1, -0.05) is 109 Å². The molecule has 10 rings (SSSR count). The first kappa shape index (κ1) is 25.2. The van der Waals surface area contributed by atoms with Crippen LogP contribution in [0.1, 0.15) is 0 Å². The maximum absolute atomic E-state index is 2.41. The molecule has 2 nitrogen and oxygen atoms in total. The first-order chi connectivity index (χ1) is 22.8. The number of hydrogen-bond acceptors (Lipinski definition) is 0. The highest BCUT2D eigenvalue weighted by atomic mass is 15.0. The minimum atomic E-state index is 1.16. The summed E-state index contributed by atoms with van der Waals surface area (Å²) in [6.07, 6.45) is 2.18.